The van der Waals surface area contributed by atoms with Crippen LogP contribution in [0.15, 0.2) is 24.3 Å². The molecule has 4 nitrogen and oxygen atoms in total. The highest BCUT2D eigenvalue weighted by Crippen LogP contribution is 2.21. The second-order valence-corrected chi connectivity index (χ2v) is 5.18. The number of carbonyl (C=O) groups is 1. The molecule has 0 radical (unpaired) electrons. The third-order valence-electron chi connectivity index (χ3n) is 4.01. The highest BCUT2D eigenvalue weighted by Gasteiger charge is 2.36. The predicted octanol–water partition coefficient (Wildman–Crippen LogP) is 1.27. The lowest BCUT2D eigenvalue weighted by molar-refractivity contribution is 0.0159. The van der Waals surface area contributed by atoms with Crippen LogP contribution in [0.4, 0.5) is 0 Å². The van der Waals surface area contributed by atoms with Crippen molar-refractivity contribution in [1.82, 2.24) is 9.80 Å². The standard InChI is InChI=1S/C15H20N2O2/c1-2-19-13-5-3-4-12(10-13)15(18)14-11-16-6-8-17(14)9-7-16/h3-5,10,14H,2,6-9,11H2,1H3. The van der Waals surface area contributed by atoms with Crippen LogP contribution in [0.5, 0.6) is 5.75 Å². The normalized spacial score (nSPS) is 29.2. The van der Waals surface area contributed by atoms with E-state index < -0.39 is 0 Å². The van der Waals surface area contributed by atoms with E-state index in [0.29, 0.717) is 6.61 Å². The zero-order valence-corrected chi connectivity index (χ0v) is 11.3. The molecule has 3 aliphatic heterocycles. The smallest absolute Gasteiger partial charge is 0.181 e. The van der Waals surface area contributed by atoms with Crippen molar-refractivity contribution >= 4 is 5.78 Å². The van der Waals surface area contributed by atoms with Gasteiger partial charge in [0.05, 0.1) is 12.6 Å². The number of hydrogen-bond donors (Lipinski definition) is 0. The minimum Gasteiger partial charge on any atom is -0.494 e. The first-order valence-corrected chi connectivity index (χ1v) is 7.01. The van der Waals surface area contributed by atoms with Crippen molar-refractivity contribution in [3.63, 3.8) is 0 Å². The summed E-state index contributed by atoms with van der Waals surface area (Å²) in [6.45, 7) is 7.68. The topological polar surface area (TPSA) is 32.8 Å². The fraction of sp³-hybridized carbons (Fsp3) is 0.533. The Kier molecular flexibility index (Phi) is 3.53. The first-order valence-electron chi connectivity index (χ1n) is 7.01. The highest BCUT2D eigenvalue weighted by atomic mass is 16.5. The molecule has 1 atom stereocenters. The number of fused-ring (bicyclic) bond motifs is 3. The summed E-state index contributed by atoms with van der Waals surface area (Å²) in [7, 11) is 0. The Hall–Kier alpha value is -1.39. The van der Waals surface area contributed by atoms with Gasteiger partial charge in [0.25, 0.3) is 0 Å². The summed E-state index contributed by atoms with van der Waals surface area (Å²) >= 11 is 0. The zero-order chi connectivity index (χ0) is 13.2. The number of hydrogen-bond acceptors (Lipinski definition) is 4. The monoisotopic (exact) mass is 260 g/mol. The maximum atomic E-state index is 12.6. The minimum absolute atomic E-state index is 0.0272. The molecule has 3 saturated heterocycles. The molecule has 0 amide bonds. The van der Waals surface area contributed by atoms with Crippen LogP contribution >= 0.6 is 0 Å². The quantitative estimate of drug-likeness (QED) is 0.763. The van der Waals surface area contributed by atoms with Gasteiger partial charge in [0, 0.05) is 38.3 Å². The Morgan fingerprint density at radius 1 is 1.32 bits per heavy atom. The molecule has 102 valence electrons. The third-order valence-corrected chi connectivity index (χ3v) is 4.01. The molecule has 0 aliphatic carbocycles. The molecule has 1 aromatic carbocycles. The summed E-state index contributed by atoms with van der Waals surface area (Å²) in [6, 6.07) is 7.58. The second kappa shape index (κ2) is 5.31. The molecule has 3 heterocycles. The summed E-state index contributed by atoms with van der Waals surface area (Å²) in [5, 5.41) is 0. The number of carbonyl (C=O) groups excluding carboxylic acids is 1. The molecule has 0 spiro atoms. The Morgan fingerprint density at radius 2 is 2.11 bits per heavy atom. The van der Waals surface area contributed by atoms with Crippen molar-refractivity contribution in [1.29, 1.82) is 0 Å². The summed E-state index contributed by atoms with van der Waals surface area (Å²) in [4.78, 5) is 17.3. The van der Waals surface area contributed by atoms with E-state index in [2.05, 4.69) is 9.80 Å². The summed E-state index contributed by atoms with van der Waals surface area (Å²) in [5.41, 5.74) is 0.768. The van der Waals surface area contributed by atoms with Crippen molar-refractivity contribution in [3.05, 3.63) is 29.8 Å². The average molecular weight is 260 g/mol. The van der Waals surface area contributed by atoms with Gasteiger partial charge in [-0.3, -0.25) is 14.6 Å². The van der Waals surface area contributed by atoms with Crippen LogP contribution in [0.25, 0.3) is 0 Å². The summed E-state index contributed by atoms with van der Waals surface area (Å²) in [6.07, 6.45) is 0. The van der Waals surface area contributed by atoms with Gasteiger partial charge in [0.1, 0.15) is 5.75 Å². The van der Waals surface area contributed by atoms with Gasteiger partial charge in [-0.2, -0.15) is 0 Å². The summed E-state index contributed by atoms with van der Waals surface area (Å²) in [5.74, 6) is 1.01. The number of rotatable bonds is 4. The van der Waals surface area contributed by atoms with Gasteiger partial charge in [-0.1, -0.05) is 12.1 Å². The number of Topliss-reactive ketones (excluding diaryl/α,β-unsaturated/α-hetero) is 1. The van der Waals surface area contributed by atoms with E-state index in [1.807, 2.05) is 31.2 Å². The second-order valence-electron chi connectivity index (χ2n) is 5.18. The number of nitrogens with zero attached hydrogens (tertiary/aromatic N) is 2. The molecule has 4 heteroatoms. The molecular weight excluding hydrogens is 240 g/mol. The Balaban J connectivity index is 1.78. The van der Waals surface area contributed by atoms with Crippen LogP contribution in [0.1, 0.15) is 17.3 Å². The SMILES string of the molecule is CCOc1cccc(C(=O)C2CN3CCN2CC3)c1. The van der Waals surface area contributed by atoms with E-state index in [1.165, 1.54) is 0 Å². The van der Waals surface area contributed by atoms with Crippen LogP contribution in [0.2, 0.25) is 0 Å². The Labute approximate surface area is 113 Å². The van der Waals surface area contributed by atoms with Crippen LogP contribution < -0.4 is 4.74 Å². The van der Waals surface area contributed by atoms with Crippen molar-refractivity contribution in [2.45, 2.75) is 13.0 Å². The van der Waals surface area contributed by atoms with Gasteiger partial charge >= 0.3 is 0 Å². The van der Waals surface area contributed by atoms with Crippen LogP contribution in [0, 0.1) is 0 Å². The predicted molar refractivity (Wildman–Crippen MR) is 73.7 cm³/mol. The average Bonchev–Trinajstić information content (AvgIpc) is 2.48. The van der Waals surface area contributed by atoms with Crippen molar-refractivity contribution in [2.75, 3.05) is 39.3 Å². The zero-order valence-electron chi connectivity index (χ0n) is 11.3. The van der Waals surface area contributed by atoms with Crippen molar-refractivity contribution < 1.29 is 9.53 Å². The highest BCUT2D eigenvalue weighted by molar-refractivity contribution is 6.00. The van der Waals surface area contributed by atoms with Crippen molar-refractivity contribution in [3.8, 4) is 5.75 Å². The lowest BCUT2D eigenvalue weighted by atomic mass is 9.98. The first kappa shape index (κ1) is 12.6. The van der Waals surface area contributed by atoms with Gasteiger partial charge in [0.15, 0.2) is 5.78 Å². The molecular formula is C15H20N2O2. The van der Waals surface area contributed by atoms with Gasteiger partial charge in [-0.15, -0.1) is 0 Å². The van der Waals surface area contributed by atoms with E-state index in [9.17, 15) is 4.79 Å². The van der Waals surface area contributed by atoms with Gasteiger partial charge in [-0.25, -0.2) is 0 Å². The maximum absolute atomic E-state index is 12.6. The van der Waals surface area contributed by atoms with E-state index >= 15 is 0 Å². The fourth-order valence-electron chi connectivity index (χ4n) is 2.96. The van der Waals surface area contributed by atoms with Gasteiger partial charge < -0.3 is 4.74 Å². The van der Waals surface area contributed by atoms with Crippen molar-refractivity contribution in [2.24, 2.45) is 0 Å². The van der Waals surface area contributed by atoms with E-state index in [-0.39, 0.29) is 11.8 Å². The molecule has 19 heavy (non-hydrogen) atoms. The summed E-state index contributed by atoms with van der Waals surface area (Å²) < 4.78 is 5.47. The van der Waals surface area contributed by atoms with E-state index in [4.69, 9.17) is 4.74 Å². The maximum Gasteiger partial charge on any atom is 0.181 e. The molecule has 1 aromatic rings. The Morgan fingerprint density at radius 3 is 2.74 bits per heavy atom. The molecule has 3 aliphatic rings. The van der Waals surface area contributed by atoms with Gasteiger partial charge in [0.2, 0.25) is 0 Å². The number of piperazine rings is 3. The largest absolute Gasteiger partial charge is 0.494 e. The van der Waals surface area contributed by atoms with Gasteiger partial charge in [-0.05, 0) is 19.1 Å². The number of benzene rings is 1. The van der Waals surface area contributed by atoms with E-state index in [0.717, 1.165) is 44.0 Å². The molecule has 4 rings (SSSR count). The molecule has 0 saturated carbocycles. The molecule has 0 aromatic heterocycles. The third kappa shape index (κ3) is 2.51. The fourth-order valence-corrected chi connectivity index (χ4v) is 2.96. The molecule has 0 N–H and O–H groups in total. The molecule has 2 bridgehead atoms. The lowest BCUT2D eigenvalue weighted by Crippen LogP contribution is -2.63. The molecule has 1 unspecified atom stereocenters. The lowest BCUT2D eigenvalue weighted by Gasteiger charge is -2.46. The minimum atomic E-state index is 0.0272. The number of ether oxygens (including phenoxy) is 1. The number of ketones is 1. The Bertz CT molecular complexity index is 467. The first-order chi connectivity index (χ1) is 9.28. The van der Waals surface area contributed by atoms with Crippen LogP contribution in [-0.2, 0) is 0 Å². The van der Waals surface area contributed by atoms with Crippen LogP contribution in [0.3, 0.4) is 0 Å². The van der Waals surface area contributed by atoms with Crippen LogP contribution in [-0.4, -0.2) is 61.0 Å². The molecule has 3 fully saturated rings. The van der Waals surface area contributed by atoms with E-state index in [1.54, 1.807) is 0 Å².